The van der Waals surface area contributed by atoms with Gasteiger partial charge in [0.1, 0.15) is 5.75 Å². The number of benzene rings is 1. The Balaban J connectivity index is 1.99. The van der Waals surface area contributed by atoms with Crippen LogP contribution >= 0.6 is 0 Å². The lowest BCUT2D eigenvalue weighted by Gasteiger charge is -2.23. The van der Waals surface area contributed by atoms with Gasteiger partial charge in [-0.05, 0) is 37.1 Å². The zero-order valence-corrected chi connectivity index (χ0v) is 10.6. The Morgan fingerprint density at radius 3 is 2.26 bits per heavy atom. The quantitative estimate of drug-likeness (QED) is 0.772. The van der Waals surface area contributed by atoms with Crippen LogP contribution in [-0.2, 0) is 4.79 Å². The van der Waals surface area contributed by atoms with Crippen LogP contribution in [-0.4, -0.2) is 28.6 Å². The molecule has 0 bridgehead atoms. The first-order valence-electron chi connectivity index (χ1n) is 6.34. The molecule has 0 radical (unpaired) electrons. The minimum atomic E-state index is -0.837. The molecule has 0 unspecified atom stereocenters. The number of aliphatic carboxylic acids is 1. The number of carbonyl (C=O) groups is 2. The van der Waals surface area contributed by atoms with Gasteiger partial charge in [-0.3, -0.25) is 9.59 Å². The van der Waals surface area contributed by atoms with Crippen LogP contribution in [0, 0.1) is 5.41 Å². The van der Waals surface area contributed by atoms with Gasteiger partial charge in [-0.25, -0.2) is 0 Å². The molecule has 1 aliphatic rings. The number of carbonyl (C=O) groups excluding carboxylic acids is 1. The second-order valence-electron chi connectivity index (χ2n) is 5.02. The molecule has 1 saturated carbocycles. The van der Waals surface area contributed by atoms with Crippen LogP contribution in [0.4, 0.5) is 0 Å². The molecule has 0 spiro atoms. The second-order valence-corrected chi connectivity index (χ2v) is 5.02. The molecule has 1 fully saturated rings. The van der Waals surface area contributed by atoms with Crippen molar-refractivity contribution in [1.29, 1.82) is 0 Å². The number of rotatable bonds is 4. The van der Waals surface area contributed by atoms with Crippen molar-refractivity contribution in [2.45, 2.75) is 25.7 Å². The predicted molar refractivity (Wildman–Crippen MR) is 69.0 cm³/mol. The highest BCUT2D eigenvalue weighted by Gasteiger charge is 2.41. The van der Waals surface area contributed by atoms with Crippen LogP contribution in [0.15, 0.2) is 24.3 Å². The molecule has 5 nitrogen and oxygen atoms in total. The third kappa shape index (κ3) is 2.86. The topological polar surface area (TPSA) is 86.6 Å². The summed E-state index contributed by atoms with van der Waals surface area (Å²) in [6, 6.07) is 5.87. The highest BCUT2D eigenvalue weighted by molar-refractivity contribution is 5.94. The fourth-order valence-corrected chi connectivity index (χ4v) is 2.48. The average molecular weight is 263 g/mol. The predicted octanol–water partition coefficient (Wildman–Crippen LogP) is 1.77. The van der Waals surface area contributed by atoms with Crippen molar-refractivity contribution in [2.24, 2.45) is 5.41 Å². The van der Waals surface area contributed by atoms with E-state index in [9.17, 15) is 14.7 Å². The summed E-state index contributed by atoms with van der Waals surface area (Å²) in [7, 11) is 0. The van der Waals surface area contributed by atoms with Crippen LogP contribution < -0.4 is 5.32 Å². The Labute approximate surface area is 111 Å². The lowest BCUT2D eigenvalue weighted by atomic mass is 9.86. The molecule has 0 aromatic heterocycles. The van der Waals surface area contributed by atoms with Crippen molar-refractivity contribution in [2.75, 3.05) is 6.54 Å². The molecule has 5 heteroatoms. The SMILES string of the molecule is O=C(NCC1(C(=O)O)CCCC1)c1ccc(O)cc1. The van der Waals surface area contributed by atoms with Gasteiger partial charge in [0.15, 0.2) is 0 Å². The van der Waals surface area contributed by atoms with Gasteiger partial charge in [0, 0.05) is 12.1 Å². The van der Waals surface area contributed by atoms with E-state index in [0.29, 0.717) is 18.4 Å². The molecule has 0 aliphatic heterocycles. The van der Waals surface area contributed by atoms with E-state index in [4.69, 9.17) is 5.11 Å². The summed E-state index contributed by atoms with van der Waals surface area (Å²) in [4.78, 5) is 23.2. The minimum absolute atomic E-state index is 0.0920. The summed E-state index contributed by atoms with van der Waals surface area (Å²) >= 11 is 0. The second kappa shape index (κ2) is 5.30. The molecule has 1 amide bonds. The van der Waals surface area contributed by atoms with Gasteiger partial charge in [-0.1, -0.05) is 12.8 Å². The molecule has 102 valence electrons. The number of hydrogen-bond acceptors (Lipinski definition) is 3. The maximum Gasteiger partial charge on any atom is 0.311 e. The fraction of sp³-hybridized carbons (Fsp3) is 0.429. The molecule has 3 N–H and O–H groups in total. The number of aromatic hydroxyl groups is 1. The largest absolute Gasteiger partial charge is 0.508 e. The van der Waals surface area contributed by atoms with Crippen molar-refractivity contribution in [3.05, 3.63) is 29.8 Å². The molecule has 1 aliphatic carbocycles. The van der Waals surface area contributed by atoms with E-state index in [0.717, 1.165) is 12.8 Å². The van der Waals surface area contributed by atoms with E-state index in [-0.39, 0.29) is 18.2 Å². The third-order valence-corrected chi connectivity index (χ3v) is 3.73. The molecule has 1 aromatic rings. The Morgan fingerprint density at radius 1 is 1.16 bits per heavy atom. The standard InChI is InChI=1S/C14H17NO4/c16-11-5-3-10(4-6-11)12(17)15-9-14(13(18)19)7-1-2-8-14/h3-6,16H,1-2,7-9H2,(H,15,17)(H,18,19). The third-order valence-electron chi connectivity index (χ3n) is 3.73. The number of phenolic OH excluding ortho intramolecular Hbond substituents is 1. The number of carboxylic acids is 1. The number of hydrogen-bond donors (Lipinski definition) is 3. The summed E-state index contributed by atoms with van der Waals surface area (Å²) in [5.41, 5.74) is -0.400. The Kier molecular flexibility index (Phi) is 3.74. The maximum absolute atomic E-state index is 11.9. The van der Waals surface area contributed by atoms with Crippen molar-refractivity contribution in [1.82, 2.24) is 5.32 Å². The van der Waals surface area contributed by atoms with Gasteiger partial charge in [0.25, 0.3) is 5.91 Å². The number of carboxylic acid groups (broad SMARTS) is 1. The van der Waals surface area contributed by atoms with Gasteiger partial charge in [-0.2, -0.15) is 0 Å². The van der Waals surface area contributed by atoms with Crippen molar-refractivity contribution in [3.8, 4) is 5.75 Å². The summed E-state index contributed by atoms with van der Waals surface area (Å²) in [6.45, 7) is 0.155. The molecule has 1 aromatic carbocycles. The monoisotopic (exact) mass is 263 g/mol. The lowest BCUT2D eigenvalue weighted by molar-refractivity contribution is -0.148. The van der Waals surface area contributed by atoms with E-state index < -0.39 is 11.4 Å². The van der Waals surface area contributed by atoms with Gasteiger partial charge >= 0.3 is 5.97 Å². The van der Waals surface area contributed by atoms with Gasteiger partial charge in [0.2, 0.25) is 0 Å². The Bertz CT molecular complexity index is 475. The number of amides is 1. The zero-order chi connectivity index (χ0) is 13.9. The Hall–Kier alpha value is -2.04. The maximum atomic E-state index is 11.9. The molecule has 0 saturated heterocycles. The van der Waals surface area contributed by atoms with Crippen LogP contribution in [0.5, 0.6) is 5.75 Å². The molecule has 0 heterocycles. The average Bonchev–Trinajstić information content (AvgIpc) is 2.87. The summed E-state index contributed by atoms with van der Waals surface area (Å²) < 4.78 is 0. The van der Waals surface area contributed by atoms with Crippen molar-refractivity contribution < 1.29 is 19.8 Å². The fourth-order valence-electron chi connectivity index (χ4n) is 2.48. The molecule has 19 heavy (non-hydrogen) atoms. The van der Waals surface area contributed by atoms with E-state index >= 15 is 0 Å². The zero-order valence-electron chi connectivity index (χ0n) is 10.6. The van der Waals surface area contributed by atoms with Gasteiger partial charge in [0.05, 0.1) is 5.41 Å². The highest BCUT2D eigenvalue weighted by atomic mass is 16.4. The van der Waals surface area contributed by atoms with Crippen LogP contribution in [0.2, 0.25) is 0 Å². The highest BCUT2D eigenvalue weighted by Crippen LogP contribution is 2.37. The number of phenols is 1. The van der Waals surface area contributed by atoms with E-state index in [1.165, 1.54) is 24.3 Å². The van der Waals surface area contributed by atoms with Crippen molar-refractivity contribution >= 4 is 11.9 Å². The van der Waals surface area contributed by atoms with Gasteiger partial charge < -0.3 is 15.5 Å². The lowest BCUT2D eigenvalue weighted by Crippen LogP contribution is -2.41. The first-order chi connectivity index (χ1) is 9.03. The molecule has 0 atom stereocenters. The summed E-state index contributed by atoms with van der Waals surface area (Å²) in [6.07, 6.45) is 3.00. The van der Waals surface area contributed by atoms with E-state index in [1.54, 1.807) is 0 Å². The van der Waals surface area contributed by atoms with E-state index in [2.05, 4.69) is 5.32 Å². The Morgan fingerprint density at radius 2 is 1.74 bits per heavy atom. The normalized spacial score (nSPS) is 17.1. The number of nitrogens with one attached hydrogen (secondary N) is 1. The van der Waals surface area contributed by atoms with Gasteiger partial charge in [-0.15, -0.1) is 0 Å². The van der Waals surface area contributed by atoms with Crippen LogP contribution in [0.1, 0.15) is 36.0 Å². The minimum Gasteiger partial charge on any atom is -0.508 e. The molecular weight excluding hydrogens is 246 g/mol. The summed E-state index contributed by atoms with van der Waals surface area (Å²) in [5, 5.41) is 21.1. The van der Waals surface area contributed by atoms with E-state index in [1.807, 2.05) is 0 Å². The smallest absolute Gasteiger partial charge is 0.311 e. The van der Waals surface area contributed by atoms with Crippen molar-refractivity contribution in [3.63, 3.8) is 0 Å². The van der Waals surface area contributed by atoms with Crippen LogP contribution in [0.25, 0.3) is 0 Å². The first-order valence-corrected chi connectivity index (χ1v) is 6.34. The van der Waals surface area contributed by atoms with Crippen LogP contribution in [0.3, 0.4) is 0 Å². The summed E-state index contributed by atoms with van der Waals surface area (Å²) in [5.74, 6) is -1.06. The first kappa shape index (κ1) is 13.4. The molecular formula is C14H17NO4. The molecule has 2 rings (SSSR count).